The molecule has 2 aromatic carbocycles. The van der Waals surface area contributed by atoms with Gasteiger partial charge in [-0.3, -0.25) is 4.79 Å². The Hall–Kier alpha value is -2.50. The smallest absolute Gasteiger partial charge is 0.406 e. The molecular weight excluding hydrogens is 295 g/mol. The molecule has 6 heteroatoms. The van der Waals surface area contributed by atoms with E-state index in [4.69, 9.17) is 0 Å². The highest BCUT2D eigenvalue weighted by atomic mass is 19.4. The third kappa shape index (κ3) is 4.25. The SMILES string of the molecule is Cc1ccc(C(=O)Nc2cccc(OC(F)(F)F)c2)c(C)c1. The van der Waals surface area contributed by atoms with Gasteiger partial charge in [-0.1, -0.05) is 23.8 Å². The zero-order chi connectivity index (χ0) is 16.3. The summed E-state index contributed by atoms with van der Waals surface area (Å²) < 4.78 is 40.4. The second kappa shape index (κ2) is 6.09. The first-order valence-electron chi connectivity index (χ1n) is 6.49. The lowest BCUT2D eigenvalue weighted by atomic mass is 10.1. The van der Waals surface area contributed by atoms with Crippen LogP contribution in [0, 0.1) is 13.8 Å². The minimum atomic E-state index is -4.77. The van der Waals surface area contributed by atoms with Crippen LogP contribution in [-0.2, 0) is 0 Å². The number of amides is 1. The molecule has 0 aliphatic carbocycles. The van der Waals surface area contributed by atoms with Crippen molar-refractivity contribution in [2.45, 2.75) is 20.2 Å². The second-order valence-electron chi connectivity index (χ2n) is 4.85. The van der Waals surface area contributed by atoms with E-state index in [0.29, 0.717) is 5.56 Å². The molecular formula is C16H14F3NO2. The third-order valence-corrected chi connectivity index (χ3v) is 2.95. The van der Waals surface area contributed by atoms with Gasteiger partial charge in [0.15, 0.2) is 0 Å². The fraction of sp³-hybridized carbons (Fsp3) is 0.188. The summed E-state index contributed by atoms with van der Waals surface area (Å²) >= 11 is 0. The van der Waals surface area contributed by atoms with Crippen LogP contribution in [0.25, 0.3) is 0 Å². The summed E-state index contributed by atoms with van der Waals surface area (Å²) in [4.78, 5) is 12.2. The number of hydrogen-bond donors (Lipinski definition) is 1. The Morgan fingerprint density at radius 3 is 2.45 bits per heavy atom. The van der Waals surface area contributed by atoms with Crippen LogP contribution >= 0.6 is 0 Å². The van der Waals surface area contributed by atoms with Gasteiger partial charge in [0, 0.05) is 17.3 Å². The number of hydrogen-bond acceptors (Lipinski definition) is 2. The minimum Gasteiger partial charge on any atom is -0.406 e. The van der Waals surface area contributed by atoms with Gasteiger partial charge in [0.2, 0.25) is 0 Å². The Kier molecular flexibility index (Phi) is 4.40. The number of carbonyl (C=O) groups excluding carboxylic acids is 1. The van der Waals surface area contributed by atoms with Gasteiger partial charge < -0.3 is 10.1 Å². The quantitative estimate of drug-likeness (QED) is 0.909. The van der Waals surface area contributed by atoms with E-state index in [-0.39, 0.29) is 17.3 Å². The predicted molar refractivity (Wildman–Crippen MR) is 77.0 cm³/mol. The number of halogens is 3. The topological polar surface area (TPSA) is 38.3 Å². The van der Waals surface area contributed by atoms with Crippen LogP contribution in [0.3, 0.4) is 0 Å². The maximum absolute atomic E-state index is 12.2. The van der Waals surface area contributed by atoms with E-state index in [0.717, 1.165) is 17.2 Å². The molecule has 1 N–H and O–H groups in total. The number of benzene rings is 2. The number of anilines is 1. The summed E-state index contributed by atoms with van der Waals surface area (Å²) in [6, 6.07) is 10.5. The summed E-state index contributed by atoms with van der Waals surface area (Å²) in [5.74, 6) is -0.771. The standard InChI is InChI=1S/C16H14F3NO2/c1-10-6-7-14(11(2)8-10)15(21)20-12-4-3-5-13(9-12)22-16(17,18)19/h3-9H,1-2H3,(H,20,21). The van der Waals surface area contributed by atoms with Crippen molar-refractivity contribution in [3.05, 3.63) is 59.2 Å². The number of nitrogens with one attached hydrogen (secondary N) is 1. The van der Waals surface area contributed by atoms with Crippen molar-refractivity contribution < 1.29 is 22.7 Å². The van der Waals surface area contributed by atoms with E-state index < -0.39 is 6.36 Å². The molecule has 0 heterocycles. The van der Waals surface area contributed by atoms with E-state index in [1.807, 2.05) is 13.0 Å². The van der Waals surface area contributed by atoms with Crippen LogP contribution < -0.4 is 10.1 Å². The Labute approximate surface area is 125 Å². The molecule has 2 aromatic rings. The summed E-state index contributed by atoms with van der Waals surface area (Å²) in [5.41, 5.74) is 2.51. The molecule has 22 heavy (non-hydrogen) atoms. The normalized spacial score (nSPS) is 11.1. The number of alkyl halides is 3. The van der Waals surface area contributed by atoms with Crippen molar-refractivity contribution in [1.82, 2.24) is 0 Å². The Morgan fingerprint density at radius 2 is 1.82 bits per heavy atom. The number of carbonyl (C=O) groups is 1. The fourth-order valence-corrected chi connectivity index (χ4v) is 2.04. The zero-order valence-corrected chi connectivity index (χ0v) is 12.0. The summed E-state index contributed by atoms with van der Waals surface area (Å²) in [5, 5.41) is 2.56. The summed E-state index contributed by atoms with van der Waals surface area (Å²) in [6.07, 6.45) is -4.77. The molecule has 116 valence electrons. The van der Waals surface area contributed by atoms with Gasteiger partial charge in [-0.2, -0.15) is 0 Å². The van der Waals surface area contributed by atoms with Gasteiger partial charge in [0.1, 0.15) is 5.75 Å². The van der Waals surface area contributed by atoms with E-state index in [9.17, 15) is 18.0 Å². The summed E-state index contributed by atoms with van der Waals surface area (Å²) in [7, 11) is 0. The zero-order valence-electron chi connectivity index (χ0n) is 12.0. The molecule has 3 nitrogen and oxygen atoms in total. The molecule has 0 aliphatic rings. The molecule has 0 bridgehead atoms. The molecule has 0 aliphatic heterocycles. The molecule has 0 spiro atoms. The lowest BCUT2D eigenvalue weighted by Gasteiger charge is -2.11. The fourth-order valence-electron chi connectivity index (χ4n) is 2.04. The van der Waals surface area contributed by atoms with Crippen LogP contribution in [-0.4, -0.2) is 12.3 Å². The molecule has 0 atom stereocenters. The maximum Gasteiger partial charge on any atom is 0.573 e. The predicted octanol–water partition coefficient (Wildman–Crippen LogP) is 4.45. The van der Waals surface area contributed by atoms with Crippen LogP contribution in [0.5, 0.6) is 5.75 Å². The van der Waals surface area contributed by atoms with Crippen molar-refractivity contribution in [2.24, 2.45) is 0 Å². The van der Waals surface area contributed by atoms with Crippen LogP contribution in [0.2, 0.25) is 0 Å². The average molecular weight is 309 g/mol. The molecule has 0 unspecified atom stereocenters. The average Bonchev–Trinajstić information content (AvgIpc) is 2.36. The second-order valence-corrected chi connectivity index (χ2v) is 4.85. The first kappa shape index (κ1) is 15.9. The largest absolute Gasteiger partial charge is 0.573 e. The molecule has 0 aromatic heterocycles. The molecule has 0 fully saturated rings. The first-order chi connectivity index (χ1) is 10.2. The highest BCUT2D eigenvalue weighted by Crippen LogP contribution is 2.25. The lowest BCUT2D eigenvalue weighted by molar-refractivity contribution is -0.274. The van der Waals surface area contributed by atoms with E-state index in [1.54, 1.807) is 19.1 Å². The van der Waals surface area contributed by atoms with Crippen molar-refractivity contribution in [2.75, 3.05) is 5.32 Å². The van der Waals surface area contributed by atoms with E-state index in [2.05, 4.69) is 10.1 Å². The van der Waals surface area contributed by atoms with Gasteiger partial charge in [-0.25, -0.2) is 0 Å². The minimum absolute atomic E-state index is 0.228. The highest BCUT2D eigenvalue weighted by molar-refractivity contribution is 6.05. The molecule has 0 saturated carbocycles. The van der Waals surface area contributed by atoms with Crippen LogP contribution in [0.4, 0.5) is 18.9 Å². The monoisotopic (exact) mass is 309 g/mol. The summed E-state index contributed by atoms with van der Waals surface area (Å²) in [6.45, 7) is 3.71. The molecule has 2 rings (SSSR count). The van der Waals surface area contributed by atoms with Crippen LogP contribution in [0.15, 0.2) is 42.5 Å². The molecule has 0 saturated heterocycles. The van der Waals surface area contributed by atoms with Gasteiger partial charge in [0.05, 0.1) is 0 Å². The van der Waals surface area contributed by atoms with Gasteiger partial charge in [-0.05, 0) is 37.6 Å². The molecule has 1 amide bonds. The van der Waals surface area contributed by atoms with Crippen molar-refractivity contribution in [3.8, 4) is 5.75 Å². The van der Waals surface area contributed by atoms with Crippen molar-refractivity contribution in [1.29, 1.82) is 0 Å². The number of ether oxygens (including phenoxy) is 1. The Morgan fingerprint density at radius 1 is 1.09 bits per heavy atom. The number of aryl methyl sites for hydroxylation is 2. The van der Waals surface area contributed by atoms with Gasteiger partial charge in [0.25, 0.3) is 5.91 Å². The maximum atomic E-state index is 12.2. The van der Waals surface area contributed by atoms with Gasteiger partial charge >= 0.3 is 6.36 Å². The molecule has 0 radical (unpaired) electrons. The van der Waals surface area contributed by atoms with Crippen molar-refractivity contribution in [3.63, 3.8) is 0 Å². The third-order valence-electron chi connectivity index (χ3n) is 2.95. The van der Waals surface area contributed by atoms with Crippen molar-refractivity contribution >= 4 is 11.6 Å². The van der Waals surface area contributed by atoms with E-state index in [1.165, 1.54) is 18.2 Å². The highest BCUT2D eigenvalue weighted by Gasteiger charge is 2.31. The van der Waals surface area contributed by atoms with E-state index >= 15 is 0 Å². The first-order valence-corrected chi connectivity index (χ1v) is 6.49. The Bertz CT molecular complexity index is 696. The number of rotatable bonds is 3. The lowest BCUT2D eigenvalue weighted by Crippen LogP contribution is -2.17. The Balaban J connectivity index is 2.16. The van der Waals surface area contributed by atoms with Gasteiger partial charge in [-0.15, -0.1) is 13.2 Å². The van der Waals surface area contributed by atoms with Crippen LogP contribution in [0.1, 0.15) is 21.5 Å².